The second-order valence-corrected chi connectivity index (χ2v) is 8.08. The summed E-state index contributed by atoms with van der Waals surface area (Å²) in [4.78, 5) is 14.6. The van der Waals surface area contributed by atoms with Gasteiger partial charge in [0.05, 0.1) is 5.02 Å². The van der Waals surface area contributed by atoms with Crippen LogP contribution in [-0.4, -0.2) is 30.9 Å². The molecule has 150 valence electrons. The normalized spacial score (nSPS) is 20.8. The molecule has 1 N–H and O–H groups in total. The predicted octanol–water partition coefficient (Wildman–Crippen LogP) is 5.21. The highest BCUT2D eigenvalue weighted by Crippen LogP contribution is 2.37. The van der Waals surface area contributed by atoms with Crippen LogP contribution in [0.25, 0.3) is 0 Å². The molecular weight excluding hydrogens is 382 g/mol. The van der Waals surface area contributed by atoms with Crippen LogP contribution >= 0.6 is 11.6 Å². The van der Waals surface area contributed by atoms with Gasteiger partial charge in [0.2, 0.25) is 0 Å². The van der Waals surface area contributed by atoms with Gasteiger partial charge in [-0.3, -0.25) is 4.79 Å². The average Bonchev–Trinajstić information content (AvgIpc) is 2.67. The number of carbonyl (C=O) groups excluding carboxylic acids is 1. The number of carbonyl (C=O) groups is 1. The van der Waals surface area contributed by atoms with Gasteiger partial charge >= 0.3 is 0 Å². The van der Waals surface area contributed by atoms with E-state index in [0.717, 1.165) is 31.2 Å². The van der Waals surface area contributed by atoms with E-state index < -0.39 is 5.82 Å². The molecule has 1 saturated carbocycles. The van der Waals surface area contributed by atoms with Crippen LogP contribution < -0.4 is 5.32 Å². The van der Waals surface area contributed by atoms with E-state index in [1.165, 1.54) is 30.3 Å². The highest BCUT2D eigenvalue weighted by molar-refractivity contribution is 6.31. The molecule has 0 aliphatic heterocycles. The number of amides is 1. The molecule has 1 fully saturated rings. The summed E-state index contributed by atoms with van der Waals surface area (Å²) in [5.41, 5.74) is 1.48. The summed E-state index contributed by atoms with van der Waals surface area (Å²) in [6.07, 6.45) is 3.68. The molecule has 3 rings (SSSR count). The molecule has 28 heavy (non-hydrogen) atoms. The monoisotopic (exact) mass is 406 g/mol. The Morgan fingerprint density at radius 2 is 1.71 bits per heavy atom. The third-order valence-corrected chi connectivity index (χ3v) is 5.79. The molecule has 0 heterocycles. The third kappa shape index (κ3) is 4.89. The van der Waals surface area contributed by atoms with Gasteiger partial charge in [-0.05, 0) is 81.6 Å². The number of hydrogen-bond donors (Lipinski definition) is 1. The van der Waals surface area contributed by atoms with Gasteiger partial charge in [0.1, 0.15) is 11.6 Å². The number of halogens is 3. The molecule has 0 aromatic heterocycles. The van der Waals surface area contributed by atoms with Crippen molar-refractivity contribution >= 4 is 17.5 Å². The Morgan fingerprint density at radius 3 is 2.29 bits per heavy atom. The van der Waals surface area contributed by atoms with Gasteiger partial charge in [0, 0.05) is 17.6 Å². The van der Waals surface area contributed by atoms with Gasteiger partial charge in [-0.2, -0.15) is 0 Å². The van der Waals surface area contributed by atoms with Crippen molar-refractivity contribution in [3.63, 3.8) is 0 Å². The molecule has 2 aromatic carbocycles. The molecule has 2 aromatic rings. The van der Waals surface area contributed by atoms with Crippen LogP contribution in [0.3, 0.4) is 0 Å². The summed E-state index contributed by atoms with van der Waals surface area (Å²) in [6.45, 7) is 0. The van der Waals surface area contributed by atoms with Crippen LogP contribution in [0.4, 0.5) is 8.78 Å². The third-order valence-electron chi connectivity index (χ3n) is 5.50. The molecule has 1 amide bonds. The molecule has 6 heteroatoms. The Bertz CT molecular complexity index is 818. The maximum atomic E-state index is 13.3. The lowest BCUT2D eigenvalue weighted by atomic mass is 9.78. The number of nitrogens with one attached hydrogen (secondary N) is 1. The lowest BCUT2D eigenvalue weighted by Gasteiger charge is -2.37. The van der Waals surface area contributed by atoms with Crippen LogP contribution in [0.2, 0.25) is 5.02 Å². The second kappa shape index (κ2) is 9.01. The van der Waals surface area contributed by atoms with Crippen molar-refractivity contribution in [1.82, 2.24) is 10.2 Å². The summed E-state index contributed by atoms with van der Waals surface area (Å²) in [5, 5.41) is 2.98. The van der Waals surface area contributed by atoms with E-state index in [0.29, 0.717) is 11.5 Å². The first-order chi connectivity index (χ1) is 13.3. The van der Waals surface area contributed by atoms with Crippen molar-refractivity contribution in [3.05, 3.63) is 70.2 Å². The zero-order valence-electron chi connectivity index (χ0n) is 16.1. The average molecular weight is 407 g/mol. The number of rotatable bonds is 5. The fourth-order valence-corrected chi connectivity index (χ4v) is 4.32. The first-order valence-electron chi connectivity index (χ1n) is 9.53. The molecule has 1 aliphatic rings. The van der Waals surface area contributed by atoms with Gasteiger partial charge in [-0.1, -0.05) is 23.7 Å². The first-order valence-corrected chi connectivity index (χ1v) is 9.90. The summed E-state index contributed by atoms with van der Waals surface area (Å²) in [5.74, 6) is -0.551. The van der Waals surface area contributed by atoms with Crippen molar-refractivity contribution in [1.29, 1.82) is 0 Å². The fraction of sp³-hybridized carbons (Fsp3) is 0.409. The van der Waals surface area contributed by atoms with Gasteiger partial charge < -0.3 is 10.2 Å². The minimum Gasteiger partial charge on any atom is -0.349 e. The molecule has 1 unspecified atom stereocenters. The van der Waals surface area contributed by atoms with Crippen molar-refractivity contribution in [3.8, 4) is 0 Å². The molecule has 0 radical (unpaired) electrons. The van der Waals surface area contributed by atoms with E-state index in [1.807, 2.05) is 26.2 Å². The van der Waals surface area contributed by atoms with Crippen molar-refractivity contribution in [2.24, 2.45) is 5.92 Å². The van der Waals surface area contributed by atoms with Crippen LogP contribution in [0.15, 0.2) is 42.5 Å². The second-order valence-electron chi connectivity index (χ2n) is 7.67. The SMILES string of the molecule is CN(C)C(c1ccc(F)cc1)C1CCC(NC(=O)c2ccc(F)c(Cl)c2)CC1. The van der Waals surface area contributed by atoms with E-state index in [4.69, 9.17) is 11.6 Å². The number of nitrogens with zero attached hydrogens (tertiary/aromatic N) is 1. The smallest absolute Gasteiger partial charge is 0.251 e. The van der Waals surface area contributed by atoms with Gasteiger partial charge in [-0.25, -0.2) is 8.78 Å². The van der Waals surface area contributed by atoms with Crippen LogP contribution in [0, 0.1) is 17.6 Å². The first kappa shape index (κ1) is 20.7. The summed E-state index contributed by atoms with van der Waals surface area (Å²) < 4.78 is 26.5. The lowest BCUT2D eigenvalue weighted by Crippen LogP contribution is -2.39. The summed E-state index contributed by atoms with van der Waals surface area (Å²) in [6, 6.07) is 11.0. The largest absolute Gasteiger partial charge is 0.349 e. The van der Waals surface area contributed by atoms with Crippen LogP contribution in [-0.2, 0) is 0 Å². The quantitative estimate of drug-likeness (QED) is 0.739. The highest BCUT2D eigenvalue weighted by Gasteiger charge is 2.30. The van der Waals surface area contributed by atoms with E-state index >= 15 is 0 Å². The molecule has 3 nitrogen and oxygen atoms in total. The van der Waals surface area contributed by atoms with Gasteiger partial charge in [0.25, 0.3) is 5.91 Å². The van der Waals surface area contributed by atoms with Crippen LogP contribution in [0.5, 0.6) is 0 Å². The zero-order valence-corrected chi connectivity index (χ0v) is 16.8. The van der Waals surface area contributed by atoms with Crippen molar-refractivity contribution in [2.75, 3.05) is 14.1 Å². The molecule has 1 aliphatic carbocycles. The van der Waals surface area contributed by atoms with E-state index in [2.05, 4.69) is 10.2 Å². The van der Waals surface area contributed by atoms with Gasteiger partial charge in [-0.15, -0.1) is 0 Å². The van der Waals surface area contributed by atoms with Crippen LogP contribution in [0.1, 0.15) is 47.6 Å². The minimum absolute atomic E-state index is 0.0514. The van der Waals surface area contributed by atoms with E-state index in [-0.39, 0.29) is 28.8 Å². The maximum absolute atomic E-state index is 13.3. The molecule has 0 bridgehead atoms. The standard InChI is InChI=1S/C22H25ClF2N2O/c1-27(2)21(14-3-8-17(24)9-4-14)15-5-10-18(11-6-15)26-22(28)16-7-12-20(25)19(23)13-16/h3-4,7-9,12-13,15,18,21H,5-6,10-11H2,1-2H3,(H,26,28). The highest BCUT2D eigenvalue weighted by atomic mass is 35.5. The molecular formula is C22H25ClF2N2O. The Morgan fingerprint density at radius 1 is 1.07 bits per heavy atom. The Balaban J connectivity index is 1.60. The topological polar surface area (TPSA) is 32.3 Å². The Labute approximate surface area is 169 Å². The van der Waals surface area contributed by atoms with E-state index in [9.17, 15) is 13.6 Å². The van der Waals surface area contributed by atoms with E-state index in [1.54, 1.807) is 0 Å². The molecule has 1 atom stereocenters. The number of benzene rings is 2. The zero-order chi connectivity index (χ0) is 20.3. The Hall–Kier alpha value is -1.98. The minimum atomic E-state index is -0.533. The predicted molar refractivity (Wildman–Crippen MR) is 107 cm³/mol. The summed E-state index contributed by atoms with van der Waals surface area (Å²) >= 11 is 5.77. The van der Waals surface area contributed by atoms with Crippen molar-refractivity contribution < 1.29 is 13.6 Å². The van der Waals surface area contributed by atoms with Gasteiger partial charge in [0.15, 0.2) is 0 Å². The number of hydrogen-bond acceptors (Lipinski definition) is 2. The maximum Gasteiger partial charge on any atom is 0.251 e. The molecule has 0 spiro atoms. The summed E-state index contributed by atoms with van der Waals surface area (Å²) in [7, 11) is 4.08. The molecule has 0 saturated heterocycles. The Kier molecular flexibility index (Phi) is 6.68. The lowest BCUT2D eigenvalue weighted by molar-refractivity contribution is 0.0906. The fourth-order valence-electron chi connectivity index (χ4n) is 4.14. The van der Waals surface area contributed by atoms with Crippen molar-refractivity contribution in [2.45, 2.75) is 37.8 Å².